The van der Waals surface area contributed by atoms with Crippen LogP contribution in [0.2, 0.25) is 0 Å². The molecule has 0 bridgehead atoms. The second kappa shape index (κ2) is 9.56. The number of ether oxygens (including phenoxy) is 1. The summed E-state index contributed by atoms with van der Waals surface area (Å²) < 4.78 is 54.6. The van der Waals surface area contributed by atoms with Crippen LogP contribution in [0.1, 0.15) is 15.9 Å². The Balaban J connectivity index is 1.72. The molecule has 144 valence electrons. The highest BCUT2D eigenvalue weighted by Gasteiger charge is 2.13. The van der Waals surface area contributed by atoms with Crippen LogP contribution in [0.25, 0.3) is 0 Å². The maximum Gasteiger partial charge on any atom is 0.387 e. The zero-order chi connectivity index (χ0) is 19.8. The molecule has 0 heterocycles. The standard InChI is InChI=1S/C18H16F4N2O3/c19-12-3-6-14(15(20)9-12)17(26)24-10-16(25)23-8-7-11-1-4-13(5-2-11)27-18(21)22/h1-6,9,18H,7-8,10H2,(H,23,25)(H,24,26). The van der Waals surface area contributed by atoms with Crippen molar-refractivity contribution in [3.63, 3.8) is 0 Å². The van der Waals surface area contributed by atoms with E-state index < -0.39 is 30.1 Å². The van der Waals surface area contributed by atoms with Gasteiger partial charge in [-0.2, -0.15) is 8.78 Å². The van der Waals surface area contributed by atoms with Crippen LogP contribution in [0.4, 0.5) is 17.6 Å². The number of amides is 2. The van der Waals surface area contributed by atoms with Gasteiger partial charge in [0.2, 0.25) is 5.91 Å². The monoisotopic (exact) mass is 384 g/mol. The summed E-state index contributed by atoms with van der Waals surface area (Å²) in [5.74, 6) is -3.13. The summed E-state index contributed by atoms with van der Waals surface area (Å²) in [5.41, 5.74) is 0.421. The van der Waals surface area contributed by atoms with Crippen molar-refractivity contribution >= 4 is 11.8 Å². The molecule has 2 aromatic rings. The molecule has 0 aromatic heterocycles. The molecule has 0 spiro atoms. The Morgan fingerprint density at radius 1 is 1.00 bits per heavy atom. The number of carbonyl (C=O) groups is 2. The highest BCUT2D eigenvalue weighted by Crippen LogP contribution is 2.15. The number of halogens is 4. The molecule has 0 radical (unpaired) electrons. The molecule has 0 aliphatic rings. The highest BCUT2D eigenvalue weighted by atomic mass is 19.3. The second-order valence-corrected chi connectivity index (χ2v) is 5.43. The fourth-order valence-electron chi connectivity index (χ4n) is 2.18. The van der Waals surface area contributed by atoms with Crippen LogP contribution in [-0.2, 0) is 11.2 Å². The first-order valence-electron chi connectivity index (χ1n) is 7.89. The Hall–Kier alpha value is -3.10. The zero-order valence-electron chi connectivity index (χ0n) is 14.0. The Kier molecular flexibility index (Phi) is 7.16. The average molecular weight is 384 g/mol. The van der Waals surface area contributed by atoms with Gasteiger partial charge in [0.05, 0.1) is 12.1 Å². The summed E-state index contributed by atoms with van der Waals surface area (Å²) in [6.07, 6.45) is 0.432. The van der Waals surface area contributed by atoms with Gasteiger partial charge in [0.15, 0.2) is 0 Å². The van der Waals surface area contributed by atoms with Crippen LogP contribution in [0, 0.1) is 11.6 Å². The van der Waals surface area contributed by atoms with E-state index in [4.69, 9.17) is 0 Å². The van der Waals surface area contributed by atoms with Crippen molar-refractivity contribution in [3.05, 3.63) is 65.2 Å². The fraction of sp³-hybridized carbons (Fsp3) is 0.222. The topological polar surface area (TPSA) is 67.4 Å². The lowest BCUT2D eigenvalue weighted by molar-refractivity contribution is -0.120. The van der Waals surface area contributed by atoms with Crippen molar-refractivity contribution in [1.82, 2.24) is 10.6 Å². The molecule has 0 saturated heterocycles. The van der Waals surface area contributed by atoms with Crippen LogP contribution >= 0.6 is 0 Å². The van der Waals surface area contributed by atoms with Crippen LogP contribution in [0.15, 0.2) is 42.5 Å². The van der Waals surface area contributed by atoms with Gasteiger partial charge in [-0.3, -0.25) is 9.59 Å². The van der Waals surface area contributed by atoms with E-state index in [9.17, 15) is 27.2 Å². The lowest BCUT2D eigenvalue weighted by atomic mass is 10.1. The molecule has 0 unspecified atom stereocenters. The summed E-state index contributed by atoms with van der Waals surface area (Å²) >= 11 is 0. The molecular formula is C18H16F4N2O3. The van der Waals surface area contributed by atoms with Crippen molar-refractivity contribution in [3.8, 4) is 5.75 Å². The molecule has 0 aliphatic heterocycles. The largest absolute Gasteiger partial charge is 0.435 e. The molecule has 0 atom stereocenters. The van der Waals surface area contributed by atoms with E-state index in [-0.39, 0.29) is 24.4 Å². The Morgan fingerprint density at radius 3 is 2.33 bits per heavy atom. The van der Waals surface area contributed by atoms with E-state index in [0.29, 0.717) is 12.5 Å². The number of rotatable bonds is 8. The van der Waals surface area contributed by atoms with Crippen molar-refractivity contribution in [2.75, 3.05) is 13.1 Å². The van der Waals surface area contributed by atoms with E-state index in [1.54, 1.807) is 12.1 Å². The molecule has 0 aliphatic carbocycles. The van der Waals surface area contributed by atoms with E-state index >= 15 is 0 Å². The molecule has 2 aromatic carbocycles. The third-order valence-electron chi connectivity index (χ3n) is 3.47. The summed E-state index contributed by atoms with van der Waals surface area (Å²) in [5, 5.41) is 4.78. The van der Waals surface area contributed by atoms with Crippen molar-refractivity contribution in [2.24, 2.45) is 0 Å². The first-order valence-corrected chi connectivity index (χ1v) is 7.89. The van der Waals surface area contributed by atoms with E-state index in [1.807, 2.05) is 0 Å². The predicted molar refractivity (Wildman–Crippen MR) is 88.5 cm³/mol. The van der Waals surface area contributed by atoms with Crippen LogP contribution in [0.3, 0.4) is 0 Å². The number of nitrogens with one attached hydrogen (secondary N) is 2. The number of benzene rings is 2. The lowest BCUT2D eigenvalue weighted by Crippen LogP contribution is -2.38. The van der Waals surface area contributed by atoms with Gasteiger partial charge >= 0.3 is 6.61 Å². The summed E-state index contributed by atoms with van der Waals surface area (Å²) in [6.45, 7) is -3.03. The van der Waals surface area contributed by atoms with E-state index in [1.165, 1.54) is 12.1 Å². The number of alkyl halides is 2. The predicted octanol–water partition coefficient (Wildman–Crippen LogP) is 2.65. The molecule has 2 amide bonds. The average Bonchev–Trinajstić information content (AvgIpc) is 2.61. The van der Waals surface area contributed by atoms with Gasteiger partial charge in [0, 0.05) is 12.6 Å². The van der Waals surface area contributed by atoms with Gasteiger partial charge in [-0.05, 0) is 36.2 Å². The van der Waals surface area contributed by atoms with Crippen LogP contribution in [0.5, 0.6) is 5.75 Å². The highest BCUT2D eigenvalue weighted by molar-refractivity contribution is 5.96. The van der Waals surface area contributed by atoms with E-state index in [0.717, 1.165) is 17.7 Å². The molecular weight excluding hydrogens is 368 g/mol. The molecule has 5 nitrogen and oxygen atoms in total. The van der Waals surface area contributed by atoms with Crippen LogP contribution in [-0.4, -0.2) is 31.5 Å². The lowest BCUT2D eigenvalue weighted by Gasteiger charge is -2.08. The normalized spacial score (nSPS) is 10.6. The maximum atomic E-state index is 13.5. The van der Waals surface area contributed by atoms with Crippen molar-refractivity contribution in [2.45, 2.75) is 13.0 Å². The summed E-state index contributed by atoms with van der Waals surface area (Å²) in [6, 6.07) is 8.45. The molecule has 9 heteroatoms. The second-order valence-electron chi connectivity index (χ2n) is 5.43. The fourth-order valence-corrected chi connectivity index (χ4v) is 2.18. The minimum absolute atomic E-state index is 0.0357. The summed E-state index contributed by atoms with van der Waals surface area (Å²) in [4.78, 5) is 23.5. The van der Waals surface area contributed by atoms with Crippen molar-refractivity contribution in [1.29, 1.82) is 0 Å². The van der Waals surface area contributed by atoms with Gasteiger partial charge < -0.3 is 15.4 Å². The first-order chi connectivity index (χ1) is 12.8. The molecule has 2 N–H and O–H groups in total. The molecule has 2 rings (SSSR count). The third-order valence-corrected chi connectivity index (χ3v) is 3.47. The number of hydrogen-bond donors (Lipinski definition) is 2. The first kappa shape index (κ1) is 20.2. The van der Waals surface area contributed by atoms with Gasteiger partial charge in [-0.15, -0.1) is 0 Å². The SMILES string of the molecule is O=C(CNC(=O)c1ccc(F)cc1F)NCCc1ccc(OC(F)F)cc1. The van der Waals surface area contributed by atoms with Gasteiger partial charge in [-0.1, -0.05) is 12.1 Å². The van der Waals surface area contributed by atoms with Gasteiger partial charge in [-0.25, -0.2) is 8.78 Å². The van der Waals surface area contributed by atoms with Crippen molar-refractivity contribution < 1.29 is 31.9 Å². The minimum atomic E-state index is -2.89. The van der Waals surface area contributed by atoms with E-state index in [2.05, 4.69) is 15.4 Å². The van der Waals surface area contributed by atoms with Gasteiger partial charge in [0.25, 0.3) is 5.91 Å². The smallest absolute Gasteiger partial charge is 0.387 e. The molecule has 0 saturated carbocycles. The van der Waals surface area contributed by atoms with Gasteiger partial charge in [0.1, 0.15) is 17.4 Å². The maximum absolute atomic E-state index is 13.5. The third kappa shape index (κ3) is 6.61. The Bertz CT molecular complexity index is 798. The Labute approximate surface area is 152 Å². The number of carbonyl (C=O) groups excluding carboxylic acids is 2. The zero-order valence-corrected chi connectivity index (χ0v) is 14.0. The summed E-state index contributed by atoms with van der Waals surface area (Å²) in [7, 11) is 0. The quantitative estimate of drug-likeness (QED) is 0.688. The number of hydrogen-bond acceptors (Lipinski definition) is 3. The Morgan fingerprint density at radius 2 is 1.70 bits per heavy atom. The molecule has 0 fully saturated rings. The minimum Gasteiger partial charge on any atom is -0.435 e. The molecule has 27 heavy (non-hydrogen) atoms. The van der Waals surface area contributed by atoms with Crippen LogP contribution < -0.4 is 15.4 Å².